The first-order valence-corrected chi connectivity index (χ1v) is 9.18. The first-order chi connectivity index (χ1) is 14.4. The molecule has 3 rings (SSSR count). The highest BCUT2D eigenvalue weighted by Crippen LogP contribution is 2.35. The van der Waals surface area contributed by atoms with Crippen molar-refractivity contribution in [3.05, 3.63) is 69.6 Å². The van der Waals surface area contributed by atoms with E-state index in [-0.39, 0.29) is 11.1 Å². The number of nitrogens with one attached hydrogen (secondary N) is 1. The Kier molecular flexibility index (Phi) is 6.06. The lowest BCUT2D eigenvalue weighted by Crippen LogP contribution is -2.19. The molecule has 1 N–H and O–H groups in total. The fraction of sp³-hybridized carbons (Fsp3) is 0.227. The number of aliphatic imine (C=N–C) groups is 1. The fourth-order valence-electron chi connectivity index (χ4n) is 3.20. The summed E-state index contributed by atoms with van der Waals surface area (Å²) in [5.41, 5.74) is 2.51. The molecule has 0 unspecified atom stereocenters. The van der Waals surface area contributed by atoms with Crippen molar-refractivity contribution in [3.8, 4) is 17.2 Å². The molecule has 8 heteroatoms. The molecule has 30 heavy (non-hydrogen) atoms. The smallest absolute Gasteiger partial charge is 0.340 e. The maximum atomic E-state index is 13.0. The van der Waals surface area contributed by atoms with Gasteiger partial charge in [-0.1, -0.05) is 18.2 Å². The van der Waals surface area contributed by atoms with E-state index in [1.54, 1.807) is 19.9 Å². The molecule has 0 spiro atoms. The van der Waals surface area contributed by atoms with Crippen LogP contribution in [0, 0.1) is 6.92 Å². The summed E-state index contributed by atoms with van der Waals surface area (Å²) in [4.78, 5) is 29.9. The quantitative estimate of drug-likeness (QED) is 0.497. The Balaban J connectivity index is 2.15. The third-order valence-electron chi connectivity index (χ3n) is 4.64. The minimum Gasteiger partial charge on any atom is -0.493 e. The van der Waals surface area contributed by atoms with Crippen molar-refractivity contribution in [2.45, 2.75) is 13.8 Å². The SMILES string of the molecule is COC(=O)c1cc(OC)c(OC)cc1N=C(C)c1c(C)[nH]n(-c2ccccc2)c1=O. The molecule has 8 nitrogen and oxygen atoms in total. The number of carbonyl (C=O) groups is 1. The molecule has 1 heterocycles. The van der Waals surface area contributed by atoms with Crippen LogP contribution in [-0.2, 0) is 4.74 Å². The van der Waals surface area contributed by atoms with Crippen molar-refractivity contribution in [3.63, 3.8) is 0 Å². The number of ether oxygens (including phenoxy) is 3. The Bertz CT molecular complexity index is 1160. The third kappa shape index (κ3) is 3.84. The highest BCUT2D eigenvalue weighted by Gasteiger charge is 2.20. The topological polar surface area (TPSA) is 94.9 Å². The van der Waals surface area contributed by atoms with Crippen LogP contribution in [0.4, 0.5) is 5.69 Å². The number of para-hydroxylation sites is 1. The van der Waals surface area contributed by atoms with E-state index in [0.717, 1.165) is 0 Å². The van der Waals surface area contributed by atoms with Crippen molar-refractivity contribution in [2.24, 2.45) is 4.99 Å². The molecule has 3 aromatic rings. The first-order valence-electron chi connectivity index (χ1n) is 9.18. The molecule has 0 saturated carbocycles. The Labute approximate surface area is 173 Å². The monoisotopic (exact) mass is 409 g/mol. The number of hydrogen-bond acceptors (Lipinski definition) is 6. The lowest BCUT2D eigenvalue weighted by molar-refractivity contribution is 0.0601. The summed E-state index contributed by atoms with van der Waals surface area (Å²) in [6.07, 6.45) is 0. The normalized spacial score (nSPS) is 11.3. The lowest BCUT2D eigenvalue weighted by Gasteiger charge is -2.12. The van der Waals surface area contributed by atoms with Crippen LogP contribution in [0.1, 0.15) is 28.5 Å². The van der Waals surface area contributed by atoms with E-state index < -0.39 is 5.97 Å². The predicted octanol–water partition coefficient (Wildman–Crippen LogP) is 3.42. The van der Waals surface area contributed by atoms with E-state index in [2.05, 4.69) is 10.1 Å². The Hall–Kier alpha value is -3.81. The summed E-state index contributed by atoms with van der Waals surface area (Å²) < 4.78 is 16.9. The number of aromatic nitrogens is 2. The van der Waals surface area contributed by atoms with Gasteiger partial charge in [-0.25, -0.2) is 9.48 Å². The number of aromatic amines is 1. The van der Waals surface area contributed by atoms with Gasteiger partial charge in [0.1, 0.15) is 0 Å². The van der Waals surface area contributed by atoms with Crippen LogP contribution < -0.4 is 15.0 Å². The van der Waals surface area contributed by atoms with E-state index >= 15 is 0 Å². The van der Waals surface area contributed by atoms with E-state index in [0.29, 0.717) is 39.8 Å². The number of rotatable bonds is 6. The summed E-state index contributed by atoms with van der Waals surface area (Å²) in [6.45, 7) is 3.51. The second-order valence-electron chi connectivity index (χ2n) is 6.50. The molecular formula is C22H23N3O5. The number of aryl methyl sites for hydroxylation is 1. The number of esters is 1. The Morgan fingerprint density at radius 1 is 1.03 bits per heavy atom. The van der Waals surface area contributed by atoms with Gasteiger partial charge < -0.3 is 14.2 Å². The van der Waals surface area contributed by atoms with E-state index in [4.69, 9.17) is 14.2 Å². The zero-order chi connectivity index (χ0) is 21.8. The van der Waals surface area contributed by atoms with Crippen molar-refractivity contribution in [1.29, 1.82) is 0 Å². The molecule has 0 aliphatic rings. The minimum atomic E-state index is -0.574. The fourth-order valence-corrected chi connectivity index (χ4v) is 3.20. The standard InChI is InChI=1S/C22H23N3O5/c1-13(20-14(2)24-25(21(20)26)15-9-7-6-8-10-15)23-17-12-19(29-4)18(28-3)11-16(17)22(27)30-5/h6-12,24H,1-5H3. The van der Waals surface area contributed by atoms with Gasteiger partial charge in [0.05, 0.1) is 49.5 Å². The molecule has 0 atom stereocenters. The molecule has 156 valence electrons. The Morgan fingerprint density at radius 3 is 2.27 bits per heavy atom. The average molecular weight is 409 g/mol. The summed E-state index contributed by atoms with van der Waals surface area (Å²) in [5, 5.41) is 3.07. The van der Waals surface area contributed by atoms with Crippen LogP contribution in [-0.4, -0.2) is 42.8 Å². The Morgan fingerprint density at radius 2 is 1.67 bits per heavy atom. The van der Waals surface area contributed by atoms with Gasteiger partial charge in [-0.3, -0.25) is 14.9 Å². The molecule has 0 fully saturated rings. The third-order valence-corrected chi connectivity index (χ3v) is 4.64. The van der Waals surface area contributed by atoms with Gasteiger partial charge in [0.25, 0.3) is 5.56 Å². The van der Waals surface area contributed by atoms with Gasteiger partial charge in [-0.15, -0.1) is 0 Å². The molecule has 2 aromatic carbocycles. The van der Waals surface area contributed by atoms with Gasteiger partial charge in [-0.2, -0.15) is 0 Å². The maximum absolute atomic E-state index is 13.0. The number of nitrogens with zero attached hydrogens (tertiary/aromatic N) is 2. The molecule has 0 aliphatic carbocycles. The first kappa shape index (κ1) is 20.9. The lowest BCUT2D eigenvalue weighted by atomic mass is 10.1. The van der Waals surface area contributed by atoms with E-state index in [1.807, 2.05) is 30.3 Å². The zero-order valence-corrected chi connectivity index (χ0v) is 17.5. The van der Waals surface area contributed by atoms with Gasteiger partial charge in [-0.05, 0) is 26.0 Å². The number of benzene rings is 2. The van der Waals surface area contributed by atoms with Crippen LogP contribution in [0.3, 0.4) is 0 Å². The van der Waals surface area contributed by atoms with Gasteiger partial charge in [0.2, 0.25) is 0 Å². The second kappa shape index (κ2) is 8.69. The second-order valence-corrected chi connectivity index (χ2v) is 6.50. The summed E-state index contributed by atoms with van der Waals surface area (Å²) in [7, 11) is 4.25. The van der Waals surface area contributed by atoms with Crippen molar-refractivity contribution in [2.75, 3.05) is 21.3 Å². The molecule has 1 aromatic heterocycles. The predicted molar refractivity (Wildman–Crippen MR) is 114 cm³/mol. The van der Waals surface area contributed by atoms with Crippen molar-refractivity contribution >= 4 is 17.4 Å². The minimum absolute atomic E-state index is 0.200. The van der Waals surface area contributed by atoms with Crippen molar-refractivity contribution < 1.29 is 19.0 Å². The van der Waals surface area contributed by atoms with Crippen molar-refractivity contribution in [1.82, 2.24) is 9.78 Å². The number of hydrogen-bond donors (Lipinski definition) is 1. The van der Waals surface area contributed by atoms with Gasteiger partial charge >= 0.3 is 5.97 Å². The molecule has 0 saturated heterocycles. The van der Waals surface area contributed by atoms with E-state index in [9.17, 15) is 9.59 Å². The molecule has 0 amide bonds. The van der Waals surface area contributed by atoms with Crippen LogP contribution in [0.25, 0.3) is 5.69 Å². The number of methoxy groups -OCH3 is 3. The molecule has 0 aliphatic heterocycles. The molecular weight excluding hydrogens is 386 g/mol. The summed E-state index contributed by atoms with van der Waals surface area (Å²) in [6, 6.07) is 12.3. The molecule has 0 bridgehead atoms. The average Bonchev–Trinajstić information content (AvgIpc) is 3.07. The summed E-state index contributed by atoms with van der Waals surface area (Å²) in [5.74, 6) is 0.206. The van der Waals surface area contributed by atoms with Crippen LogP contribution in [0.2, 0.25) is 0 Å². The highest BCUT2D eigenvalue weighted by atomic mass is 16.5. The number of carbonyl (C=O) groups excluding carboxylic acids is 1. The number of H-pyrrole nitrogens is 1. The van der Waals surface area contributed by atoms with Crippen LogP contribution in [0.15, 0.2) is 52.3 Å². The van der Waals surface area contributed by atoms with E-state index in [1.165, 1.54) is 32.1 Å². The van der Waals surface area contributed by atoms with Crippen LogP contribution in [0.5, 0.6) is 11.5 Å². The summed E-state index contributed by atoms with van der Waals surface area (Å²) >= 11 is 0. The van der Waals surface area contributed by atoms with Gasteiger partial charge in [0, 0.05) is 17.8 Å². The molecule has 0 radical (unpaired) electrons. The largest absolute Gasteiger partial charge is 0.493 e. The highest BCUT2D eigenvalue weighted by molar-refractivity contribution is 6.03. The van der Waals surface area contributed by atoms with Crippen LogP contribution >= 0.6 is 0 Å². The zero-order valence-electron chi connectivity index (χ0n) is 17.5. The maximum Gasteiger partial charge on any atom is 0.340 e. The van der Waals surface area contributed by atoms with Gasteiger partial charge in [0.15, 0.2) is 11.5 Å².